The highest BCUT2D eigenvalue weighted by atomic mass is 16.5. The van der Waals surface area contributed by atoms with Crippen LogP contribution in [-0.4, -0.2) is 13.2 Å². The average molecular weight is 289 g/mol. The Morgan fingerprint density at radius 2 is 1.95 bits per heavy atom. The third-order valence-electron chi connectivity index (χ3n) is 4.58. The summed E-state index contributed by atoms with van der Waals surface area (Å²) in [7, 11) is 0. The van der Waals surface area contributed by atoms with Crippen LogP contribution in [0.2, 0.25) is 0 Å². The van der Waals surface area contributed by atoms with Crippen LogP contribution in [0.1, 0.15) is 69.5 Å². The van der Waals surface area contributed by atoms with Crippen molar-refractivity contribution in [2.24, 2.45) is 5.92 Å². The molecule has 1 aromatic carbocycles. The highest BCUT2D eigenvalue weighted by Crippen LogP contribution is 2.35. The van der Waals surface area contributed by atoms with E-state index in [1.54, 1.807) is 0 Å². The Labute approximate surface area is 130 Å². The summed E-state index contributed by atoms with van der Waals surface area (Å²) in [6, 6.07) is 7.03. The fourth-order valence-electron chi connectivity index (χ4n) is 3.55. The summed E-state index contributed by atoms with van der Waals surface area (Å²) < 4.78 is 5.87. The third-order valence-corrected chi connectivity index (χ3v) is 4.58. The fourth-order valence-corrected chi connectivity index (χ4v) is 3.55. The molecule has 0 radical (unpaired) electrons. The SMILES string of the molecule is CCNC(CC1CCCCC1)c1cc(C)ccc1OCC. The first-order valence-electron chi connectivity index (χ1n) is 8.71. The van der Waals surface area contributed by atoms with Crippen molar-refractivity contribution in [2.45, 2.75) is 65.3 Å². The largest absolute Gasteiger partial charge is 0.494 e. The quantitative estimate of drug-likeness (QED) is 0.761. The Morgan fingerprint density at radius 3 is 2.62 bits per heavy atom. The number of hydrogen-bond donors (Lipinski definition) is 1. The van der Waals surface area contributed by atoms with Gasteiger partial charge in [-0.3, -0.25) is 0 Å². The molecular formula is C19H31NO. The van der Waals surface area contributed by atoms with Crippen molar-refractivity contribution in [3.63, 3.8) is 0 Å². The molecule has 2 rings (SSSR count). The third kappa shape index (κ3) is 4.74. The summed E-state index contributed by atoms with van der Waals surface area (Å²) in [4.78, 5) is 0. The summed E-state index contributed by atoms with van der Waals surface area (Å²) >= 11 is 0. The number of ether oxygens (including phenoxy) is 1. The highest BCUT2D eigenvalue weighted by molar-refractivity contribution is 5.39. The standard InChI is InChI=1S/C19H31NO/c1-4-20-18(14-16-9-7-6-8-10-16)17-13-15(3)11-12-19(17)21-5-2/h11-13,16,18,20H,4-10,14H2,1-3H3. The molecule has 1 aliphatic rings. The van der Waals surface area contributed by atoms with E-state index in [0.29, 0.717) is 6.04 Å². The van der Waals surface area contributed by atoms with E-state index in [9.17, 15) is 0 Å². The predicted molar refractivity (Wildman–Crippen MR) is 90.0 cm³/mol. The maximum absolute atomic E-state index is 5.87. The minimum Gasteiger partial charge on any atom is -0.494 e. The first-order chi connectivity index (χ1) is 10.2. The van der Waals surface area contributed by atoms with Crippen LogP contribution in [0, 0.1) is 12.8 Å². The summed E-state index contributed by atoms with van der Waals surface area (Å²) in [6.07, 6.45) is 8.30. The van der Waals surface area contributed by atoms with Gasteiger partial charge in [0.15, 0.2) is 0 Å². The lowest BCUT2D eigenvalue weighted by Crippen LogP contribution is -2.25. The molecule has 118 valence electrons. The smallest absolute Gasteiger partial charge is 0.124 e. The summed E-state index contributed by atoms with van der Waals surface area (Å²) in [5.74, 6) is 1.93. The van der Waals surface area contributed by atoms with E-state index in [1.807, 2.05) is 0 Å². The van der Waals surface area contributed by atoms with Gasteiger partial charge in [0.25, 0.3) is 0 Å². The molecule has 0 spiro atoms. The van der Waals surface area contributed by atoms with Gasteiger partial charge in [-0.2, -0.15) is 0 Å². The molecule has 0 aromatic heterocycles. The molecular weight excluding hydrogens is 258 g/mol. The number of hydrogen-bond acceptors (Lipinski definition) is 2. The first kappa shape index (κ1) is 16.4. The van der Waals surface area contributed by atoms with Crippen LogP contribution in [-0.2, 0) is 0 Å². The van der Waals surface area contributed by atoms with Crippen LogP contribution < -0.4 is 10.1 Å². The molecule has 1 N–H and O–H groups in total. The van der Waals surface area contributed by atoms with E-state index in [4.69, 9.17) is 4.74 Å². The molecule has 1 aliphatic carbocycles. The van der Waals surface area contributed by atoms with E-state index < -0.39 is 0 Å². The Hall–Kier alpha value is -1.02. The van der Waals surface area contributed by atoms with E-state index in [0.717, 1.165) is 24.8 Å². The van der Waals surface area contributed by atoms with E-state index in [-0.39, 0.29) is 0 Å². The predicted octanol–water partition coefficient (Wildman–Crippen LogP) is 5.01. The van der Waals surface area contributed by atoms with Crippen molar-refractivity contribution in [2.75, 3.05) is 13.2 Å². The van der Waals surface area contributed by atoms with Crippen LogP contribution in [0.5, 0.6) is 5.75 Å². The molecule has 1 aromatic rings. The lowest BCUT2D eigenvalue weighted by molar-refractivity contribution is 0.291. The molecule has 0 aliphatic heterocycles. The minimum absolute atomic E-state index is 0.430. The molecule has 0 amide bonds. The van der Waals surface area contributed by atoms with Gasteiger partial charge in [0, 0.05) is 11.6 Å². The minimum atomic E-state index is 0.430. The molecule has 21 heavy (non-hydrogen) atoms. The topological polar surface area (TPSA) is 21.3 Å². The second-order valence-electron chi connectivity index (χ2n) is 6.32. The van der Waals surface area contributed by atoms with Crippen molar-refractivity contribution >= 4 is 0 Å². The van der Waals surface area contributed by atoms with Crippen molar-refractivity contribution in [1.82, 2.24) is 5.32 Å². The van der Waals surface area contributed by atoms with E-state index in [2.05, 4.69) is 44.3 Å². The molecule has 2 nitrogen and oxygen atoms in total. The molecule has 1 unspecified atom stereocenters. The number of rotatable bonds is 7. The van der Waals surface area contributed by atoms with E-state index >= 15 is 0 Å². The van der Waals surface area contributed by atoms with Crippen LogP contribution in [0.4, 0.5) is 0 Å². The van der Waals surface area contributed by atoms with Crippen LogP contribution >= 0.6 is 0 Å². The molecule has 1 saturated carbocycles. The average Bonchev–Trinajstić information content (AvgIpc) is 2.50. The molecule has 1 fully saturated rings. The Kier molecular flexibility index (Phi) is 6.56. The first-order valence-corrected chi connectivity index (χ1v) is 8.71. The zero-order chi connectivity index (χ0) is 15.1. The summed E-state index contributed by atoms with van der Waals surface area (Å²) in [6.45, 7) is 8.18. The Morgan fingerprint density at radius 1 is 1.19 bits per heavy atom. The van der Waals surface area contributed by atoms with Gasteiger partial charge < -0.3 is 10.1 Å². The van der Waals surface area contributed by atoms with Crippen molar-refractivity contribution in [3.05, 3.63) is 29.3 Å². The number of aryl methyl sites for hydroxylation is 1. The fraction of sp³-hybridized carbons (Fsp3) is 0.684. The van der Waals surface area contributed by atoms with Crippen LogP contribution in [0.15, 0.2) is 18.2 Å². The maximum Gasteiger partial charge on any atom is 0.124 e. The van der Waals surface area contributed by atoms with Gasteiger partial charge in [-0.1, -0.05) is 56.7 Å². The summed E-state index contributed by atoms with van der Waals surface area (Å²) in [5.41, 5.74) is 2.67. The van der Waals surface area contributed by atoms with Crippen molar-refractivity contribution < 1.29 is 4.74 Å². The molecule has 0 heterocycles. The summed E-state index contributed by atoms with van der Waals surface area (Å²) in [5, 5.41) is 3.69. The zero-order valence-electron chi connectivity index (χ0n) is 14.0. The van der Waals surface area contributed by atoms with Gasteiger partial charge in [-0.05, 0) is 38.8 Å². The normalized spacial score (nSPS) is 17.7. The van der Waals surface area contributed by atoms with E-state index in [1.165, 1.54) is 49.7 Å². The molecule has 2 heteroatoms. The van der Waals surface area contributed by atoms with Crippen LogP contribution in [0.3, 0.4) is 0 Å². The Balaban J connectivity index is 2.17. The van der Waals surface area contributed by atoms with Crippen molar-refractivity contribution in [3.8, 4) is 5.75 Å². The molecule has 0 bridgehead atoms. The monoisotopic (exact) mass is 289 g/mol. The van der Waals surface area contributed by atoms with Gasteiger partial charge in [-0.15, -0.1) is 0 Å². The lowest BCUT2D eigenvalue weighted by Gasteiger charge is -2.28. The van der Waals surface area contributed by atoms with Gasteiger partial charge >= 0.3 is 0 Å². The molecule has 1 atom stereocenters. The molecule has 0 saturated heterocycles. The second-order valence-corrected chi connectivity index (χ2v) is 6.32. The van der Waals surface area contributed by atoms with Gasteiger partial charge in [0.05, 0.1) is 6.61 Å². The van der Waals surface area contributed by atoms with Crippen molar-refractivity contribution in [1.29, 1.82) is 0 Å². The lowest BCUT2D eigenvalue weighted by atomic mass is 9.83. The highest BCUT2D eigenvalue weighted by Gasteiger charge is 2.22. The van der Waals surface area contributed by atoms with Crippen LogP contribution in [0.25, 0.3) is 0 Å². The van der Waals surface area contributed by atoms with Gasteiger partial charge in [0.1, 0.15) is 5.75 Å². The van der Waals surface area contributed by atoms with Gasteiger partial charge in [-0.25, -0.2) is 0 Å². The Bertz CT molecular complexity index is 424. The van der Waals surface area contributed by atoms with Gasteiger partial charge in [0.2, 0.25) is 0 Å². The number of nitrogens with one attached hydrogen (secondary N) is 1. The maximum atomic E-state index is 5.87. The number of benzene rings is 1. The zero-order valence-corrected chi connectivity index (χ0v) is 14.0. The second kappa shape index (κ2) is 8.43.